The highest BCUT2D eigenvalue weighted by Gasteiger charge is 1.83. The van der Waals surface area contributed by atoms with Crippen molar-refractivity contribution in [2.75, 3.05) is 6.61 Å². The fourth-order valence-corrected chi connectivity index (χ4v) is 0.953. The van der Waals surface area contributed by atoms with Crippen LogP contribution in [0.3, 0.4) is 0 Å². The van der Waals surface area contributed by atoms with Gasteiger partial charge in [-0.2, -0.15) is 0 Å². The first-order chi connectivity index (χ1) is 5.41. The molecule has 0 atom stereocenters. The molecule has 0 spiro atoms. The summed E-state index contributed by atoms with van der Waals surface area (Å²) in [4.78, 5) is 0. The van der Waals surface area contributed by atoms with Crippen LogP contribution in [0.1, 0.15) is 45.4 Å². The van der Waals surface area contributed by atoms with Gasteiger partial charge in [-0.05, 0) is 25.7 Å². The number of allylic oxidation sites excluding steroid dienone is 2. The molecule has 0 rings (SSSR count). The van der Waals surface area contributed by atoms with E-state index in [1.165, 1.54) is 25.7 Å². The molecule has 1 heteroatoms. The van der Waals surface area contributed by atoms with Gasteiger partial charge in [0.25, 0.3) is 0 Å². The van der Waals surface area contributed by atoms with Crippen LogP contribution in [0.25, 0.3) is 0 Å². The second-order valence-corrected chi connectivity index (χ2v) is 2.83. The van der Waals surface area contributed by atoms with Crippen LogP contribution in [0.5, 0.6) is 0 Å². The largest absolute Gasteiger partial charge is 0.396 e. The molecule has 0 amide bonds. The third-order valence-corrected chi connectivity index (χ3v) is 1.65. The van der Waals surface area contributed by atoms with Gasteiger partial charge >= 0.3 is 0 Å². The molecular weight excluding hydrogens is 136 g/mol. The summed E-state index contributed by atoms with van der Waals surface area (Å²) in [5, 5.41) is 8.49. The second kappa shape index (κ2) is 9.70. The third-order valence-electron chi connectivity index (χ3n) is 1.65. The maximum atomic E-state index is 8.49. The second-order valence-electron chi connectivity index (χ2n) is 2.83. The van der Waals surface area contributed by atoms with Gasteiger partial charge in [0.1, 0.15) is 0 Å². The molecule has 0 saturated heterocycles. The molecule has 1 nitrogen and oxygen atoms in total. The number of unbranched alkanes of at least 4 members (excludes halogenated alkanes) is 4. The first-order valence-electron chi connectivity index (χ1n) is 4.67. The quantitative estimate of drug-likeness (QED) is 0.444. The number of aliphatic hydroxyl groups excluding tert-OH is 1. The van der Waals surface area contributed by atoms with Gasteiger partial charge in [-0.15, -0.1) is 0 Å². The lowest BCUT2D eigenvalue weighted by Crippen LogP contribution is -1.81. The number of hydrogen-bond donors (Lipinski definition) is 1. The van der Waals surface area contributed by atoms with Crippen molar-refractivity contribution in [1.29, 1.82) is 0 Å². The Balaban J connectivity index is 2.89. The minimum absolute atomic E-state index is 0.346. The van der Waals surface area contributed by atoms with Gasteiger partial charge in [0.15, 0.2) is 0 Å². The highest BCUT2D eigenvalue weighted by molar-refractivity contribution is 4.80. The number of aliphatic hydroxyl groups is 1. The van der Waals surface area contributed by atoms with Crippen molar-refractivity contribution in [3.05, 3.63) is 12.2 Å². The molecule has 0 bridgehead atoms. The van der Waals surface area contributed by atoms with Crippen molar-refractivity contribution < 1.29 is 5.11 Å². The predicted molar refractivity (Wildman–Crippen MR) is 49.6 cm³/mol. The summed E-state index contributed by atoms with van der Waals surface area (Å²) in [5.74, 6) is 0. The fraction of sp³-hybridized carbons (Fsp3) is 0.800. The predicted octanol–water partition coefficient (Wildman–Crippen LogP) is 2.90. The van der Waals surface area contributed by atoms with E-state index in [0.717, 1.165) is 12.8 Å². The van der Waals surface area contributed by atoms with Crippen LogP contribution in [-0.4, -0.2) is 11.7 Å². The van der Waals surface area contributed by atoms with Crippen LogP contribution in [-0.2, 0) is 0 Å². The normalized spacial score (nSPS) is 11.1. The molecule has 0 aromatic heterocycles. The van der Waals surface area contributed by atoms with E-state index in [4.69, 9.17) is 5.11 Å². The summed E-state index contributed by atoms with van der Waals surface area (Å²) in [7, 11) is 0. The molecule has 1 N–H and O–H groups in total. The summed E-state index contributed by atoms with van der Waals surface area (Å²) in [6.07, 6.45) is 11.5. The topological polar surface area (TPSA) is 20.2 Å². The number of rotatable bonds is 7. The van der Waals surface area contributed by atoms with Gasteiger partial charge < -0.3 is 5.11 Å². The molecule has 0 aliphatic rings. The average molecular weight is 156 g/mol. The Morgan fingerprint density at radius 3 is 2.36 bits per heavy atom. The zero-order chi connectivity index (χ0) is 8.36. The standard InChI is InChI=1S/C10H20O/c1-2-3-4-5-6-7-8-9-10-11/h4-5,11H,2-3,6-10H2,1H3/b5-4-. The van der Waals surface area contributed by atoms with E-state index >= 15 is 0 Å². The summed E-state index contributed by atoms with van der Waals surface area (Å²) in [5.41, 5.74) is 0. The summed E-state index contributed by atoms with van der Waals surface area (Å²) in [6.45, 7) is 2.54. The summed E-state index contributed by atoms with van der Waals surface area (Å²) >= 11 is 0. The Bertz CT molecular complexity index is 86.9. The van der Waals surface area contributed by atoms with Crippen molar-refractivity contribution >= 4 is 0 Å². The van der Waals surface area contributed by atoms with Gasteiger partial charge in [0.2, 0.25) is 0 Å². The van der Waals surface area contributed by atoms with Crippen LogP contribution in [0.4, 0.5) is 0 Å². The Morgan fingerprint density at radius 2 is 1.73 bits per heavy atom. The maximum Gasteiger partial charge on any atom is 0.0431 e. The van der Waals surface area contributed by atoms with E-state index in [1.54, 1.807) is 0 Å². The van der Waals surface area contributed by atoms with Crippen LogP contribution < -0.4 is 0 Å². The highest BCUT2D eigenvalue weighted by Crippen LogP contribution is 2.00. The summed E-state index contributed by atoms with van der Waals surface area (Å²) < 4.78 is 0. The first-order valence-corrected chi connectivity index (χ1v) is 4.67. The smallest absolute Gasteiger partial charge is 0.0431 e. The zero-order valence-electron chi connectivity index (χ0n) is 7.55. The molecule has 0 saturated carbocycles. The Labute approximate surface area is 70.1 Å². The van der Waals surface area contributed by atoms with Crippen LogP contribution in [0, 0.1) is 0 Å². The van der Waals surface area contributed by atoms with E-state index in [0.29, 0.717) is 6.61 Å². The summed E-state index contributed by atoms with van der Waals surface area (Å²) in [6, 6.07) is 0. The van der Waals surface area contributed by atoms with Crippen molar-refractivity contribution in [1.82, 2.24) is 0 Å². The maximum absolute atomic E-state index is 8.49. The van der Waals surface area contributed by atoms with Gasteiger partial charge in [-0.3, -0.25) is 0 Å². The molecule has 0 radical (unpaired) electrons. The third kappa shape index (κ3) is 9.70. The Kier molecular flexibility index (Phi) is 9.44. The average Bonchev–Trinajstić information content (AvgIpc) is 2.03. The lowest BCUT2D eigenvalue weighted by Gasteiger charge is -1.93. The fourth-order valence-electron chi connectivity index (χ4n) is 0.953. The minimum atomic E-state index is 0.346. The van der Waals surface area contributed by atoms with Crippen molar-refractivity contribution in [2.24, 2.45) is 0 Å². The van der Waals surface area contributed by atoms with E-state index in [1.807, 2.05) is 0 Å². The molecule has 0 aliphatic carbocycles. The SMILES string of the molecule is CCC/C=C\CCCCCO. The molecule has 0 aromatic rings. The first kappa shape index (κ1) is 10.7. The Hall–Kier alpha value is -0.300. The molecule has 66 valence electrons. The van der Waals surface area contributed by atoms with Crippen LogP contribution in [0.15, 0.2) is 12.2 Å². The van der Waals surface area contributed by atoms with Crippen LogP contribution >= 0.6 is 0 Å². The Morgan fingerprint density at radius 1 is 1.00 bits per heavy atom. The minimum Gasteiger partial charge on any atom is -0.396 e. The van der Waals surface area contributed by atoms with E-state index in [-0.39, 0.29) is 0 Å². The van der Waals surface area contributed by atoms with E-state index in [9.17, 15) is 0 Å². The van der Waals surface area contributed by atoms with E-state index in [2.05, 4.69) is 19.1 Å². The number of hydrogen-bond acceptors (Lipinski definition) is 1. The van der Waals surface area contributed by atoms with Gasteiger partial charge in [0.05, 0.1) is 0 Å². The molecular formula is C10H20O. The highest BCUT2D eigenvalue weighted by atomic mass is 16.2. The lowest BCUT2D eigenvalue weighted by molar-refractivity contribution is 0.283. The molecule has 0 aromatic carbocycles. The molecule has 0 fully saturated rings. The van der Waals surface area contributed by atoms with Gasteiger partial charge in [-0.25, -0.2) is 0 Å². The monoisotopic (exact) mass is 156 g/mol. The zero-order valence-corrected chi connectivity index (χ0v) is 7.55. The van der Waals surface area contributed by atoms with E-state index < -0.39 is 0 Å². The molecule has 0 unspecified atom stereocenters. The van der Waals surface area contributed by atoms with Crippen molar-refractivity contribution in [2.45, 2.75) is 45.4 Å². The van der Waals surface area contributed by atoms with Gasteiger partial charge in [0, 0.05) is 6.61 Å². The van der Waals surface area contributed by atoms with Crippen molar-refractivity contribution in [3.63, 3.8) is 0 Å². The molecule has 11 heavy (non-hydrogen) atoms. The lowest BCUT2D eigenvalue weighted by atomic mass is 10.2. The van der Waals surface area contributed by atoms with Gasteiger partial charge in [-0.1, -0.05) is 31.9 Å². The molecule has 0 heterocycles. The molecule has 0 aliphatic heterocycles. The van der Waals surface area contributed by atoms with Crippen molar-refractivity contribution in [3.8, 4) is 0 Å². The van der Waals surface area contributed by atoms with Crippen LogP contribution in [0.2, 0.25) is 0 Å².